The molecule has 2 heterocycles. The molecule has 2 aromatic heterocycles. The molecule has 3 rings (SSSR count). The summed E-state index contributed by atoms with van der Waals surface area (Å²) < 4.78 is 7.26. The zero-order valence-corrected chi connectivity index (χ0v) is 10.8. The maximum Gasteiger partial charge on any atom is 0.141 e. The fraction of sp³-hybridized carbons (Fsp3) is 0.214. The third-order valence-corrected chi connectivity index (χ3v) is 3.27. The van der Waals surface area contributed by atoms with Gasteiger partial charge in [0.2, 0.25) is 0 Å². The number of rotatable bonds is 4. The SMILES string of the molecule is COc1ccc2[nH]cc(CCn3cnc(N)c3)c2c1. The lowest BCUT2D eigenvalue weighted by Gasteiger charge is -2.03. The van der Waals surface area contributed by atoms with Gasteiger partial charge in [-0.3, -0.25) is 0 Å². The number of ether oxygens (including phenoxy) is 1. The summed E-state index contributed by atoms with van der Waals surface area (Å²) in [6.45, 7) is 0.856. The van der Waals surface area contributed by atoms with Crippen molar-refractivity contribution in [3.8, 4) is 5.75 Å². The summed E-state index contributed by atoms with van der Waals surface area (Å²) in [4.78, 5) is 7.30. The molecule has 3 aromatic rings. The second-order valence-corrected chi connectivity index (χ2v) is 4.51. The van der Waals surface area contributed by atoms with Gasteiger partial charge in [0.25, 0.3) is 0 Å². The molecule has 0 unspecified atom stereocenters. The lowest BCUT2D eigenvalue weighted by molar-refractivity contribution is 0.415. The summed E-state index contributed by atoms with van der Waals surface area (Å²) >= 11 is 0. The molecule has 5 nitrogen and oxygen atoms in total. The lowest BCUT2D eigenvalue weighted by Crippen LogP contribution is -1.98. The van der Waals surface area contributed by atoms with Crippen LogP contribution in [0.25, 0.3) is 10.9 Å². The molecule has 98 valence electrons. The maximum atomic E-state index is 5.60. The van der Waals surface area contributed by atoms with Gasteiger partial charge in [0.15, 0.2) is 0 Å². The van der Waals surface area contributed by atoms with E-state index in [0.717, 1.165) is 24.2 Å². The number of nitrogen functional groups attached to an aromatic ring is 1. The van der Waals surface area contributed by atoms with E-state index in [1.54, 1.807) is 13.4 Å². The number of hydrogen-bond acceptors (Lipinski definition) is 3. The summed E-state index contributed by atoms with van der Waals surface area (Å²) in [5, 5.41) is 1.20. The van der Waals surface area contributed by atoms with Crippen molar-refractivity contribution < 1.29 is 4.74 Å². The molecule has 0 amide bonds. The van der Waals surface area contributed by atoms with E-state index in [1.165, 1.54) is 10.9 Å². The van der Waals surface area contributed by atoms with Crippen LogP contribution in [0.4, 0.5) is 5.82 Å². The molecule has 5 heteroatoms. The monoisotopic (exact) mass is 256 g/mol. The third kappa shape index (κ3) is 2.27. The van der Waals surface area contributed by atoms with E-state index in [0.29, 0.717) is 5.82 Å². The van der Waals surface area contributed by atoms with Gasteiger partial charge >= 0.3 is 0 Å². The first-order valence-corrected chi connectivity index (χ1v) is 6.17. The smallest absolute Gasteiger partial charge is 0.141 e. The van der Waals surface area contributed by atoms with Crippen molar-refractivity contribution in [1.82, 2.24) is 14.5 Å². The molecule has 19 heavy (non-hydrogen) atoms. The van der Waals surface area contributed by atoms with Crippen molar-refractivity contribution in [2.75, 3.05) is 12.8 Å². The summed E-state index contributed by atoms with van der Waals surface area (Å²) in [5.74, 6) is 1.43. The number of aryl methyl sites for hydroxylation is 2. The number of anilines is 1. The highest BCUT2D eigenvalue weighted by Crippen LogP contribution is 2.24. The summed E-state index contributed by atoms with van der Waals surface area (Å²) in [7, 11) is 1.68. The van der Waals surface area contributed by atoms with Crippen molar-refractivity contribution in [3.63, 3.8) is 0 Å². The first kappa shape index (κ1) is 11.6. The van der Waals surface area contributed by atoms with Gasteiger partial charge in [0, 0.05) is 29.8 Å². The van der Waals surface area contributed by atoms with Crippen LogP contribution in [0.15, 0.2) is 36.9 Å². The zero-order valence-electron chi connectivity index (χ0n) is 10.8. The minimum Gasteiger partial charge on any atom is -0.497 e. The molecule has 0 radical (unpaired) electrons. The largest absolute Gasteiger partial charge is 0.497 e. The molecular formula is C14H16N4O. The number of benzene rings is 1. The molecule has 1 aromatic carbocycles. The highest BCUT2D eigenvalue weighted by molar-refractivity contribution is 5.84. The van der Waals surface area contributed by atoms with Crippen LogP contribution in [-0.2, 0) is 13.0 Å². The predicted octanol–water partition coefficient (Wildman–Crippen LogP) is 2.20. The highest BCUT2D eigenvalue weighted by atomic mass is 16.5. The molecule has 0 saturated heterocycles. The van der Waals surface area contributed by atoms with E-state index in [9.17, 15) is 0 Å². The van der Waals surface area contributed by atoms with Gasteiger partial charge in [-0.1, -0.05) is 0 Å². The summed E-state index contributed by atoms with van der Waals surface area (Å²) in [6.07, 6.45) is 6.56. The predicted molar refractivity (Wildman–Crippen MR) is 75.2 cm³/mol. The van der Waals surface area contributed by atoms with Crippen molar-refractivity contribution in [2.45, 2.75) is 13.0 Å². The second-order valence-electron chi connectivity index (χ2n) is 4.51. The number of aromatic amines is 1. The summed E-state index contributed by atoms with van der Waals surface area (Å²) in [5.41, 5.74) is 7.99. The molecule has 0 spiro atoms. The van der Waals surface area contributed by atoms with Crippen LogP contribution in [0.3, 0.4) is 0 Å². The number of fused-ring (bicyclic) bond motifs is 1. The Hall–Kier alpha value is -2.43. The Labute approximate surface area is 111 Å². The van der Waals surface area contributed by atoms with Gasteiger partial charge in [0.1, 0.15) is 11.6 Å². The van der Waals surface area contributed by atoms with E-state index >= 15 is 0 Å². The van der Waals surface area contributed by atoms with Crippen molar-refractivity contribution in [2.24, 2.45) is 0 Å². The number of nitrogens with one attached hydrogen (secondary N) is 1. The van der Waals surface area contributed by atoms with Crippen molar-refractivity contribution in [1.29, 1.82) is 0 Å². The van der Waals surface area contributed by atoms with Gasteiger partial charge < -0.3 is 20.0 Å². The molecule has 0 aliphatic carbocycles. The Kier molecular flexibility index (Phi) is 2.87. The van der Waals surface area contributed by atoms with E-state index in [4.69, 9.17) is 10.5 Å². The number of H-pyrrole nitrogens is 1. The van der Waals surface area contributed by atoms with Crippen LogP contribution in [0.1, 0.15) is 5.56 Å². The molecule has 0 aliphatic heterocycles. The summed E-state index contributed by atoms with van der Waals surface area (Å²) in [6, 6.07) is 6.05. The van der Waals surface area contributed by atoms with E-state index < -0.39 is 0 Å². The number of aromatic nitrogens is 3. The van der Waals surface area contributed by atoms with Gasteiger partial charge in [0.05, 0.1) is 13.4 Å². The molecule has 3 N–H and O–H groups in total. The number of methoxy groups -OCH3 is 1. The van der Waals surface area contributed by atoms with Gasteiger partial charge in [-0.05, 0) is 30.2 Å². The standard InChI is InChI=1S/C14H16N4O/c1-19-11-2-3-13-12(6-11)10(7-16-13)4-5-18-8-14(15)17-9-18/h2-3,6-9,16H,4-5,15H2,1H3. The Bertz CT molecular complexity index is 698. The van der Waals surface area contributed by atoms with E-state index in [2.05, 4.69) is 16.0 Å². The second kappa shape index (κ2) is 4.68. The Morgan fingerprint density at radius 3 is 3.05 bits per heavy atom. The van der Waals surface area contributed by atoms with Crippen molar-refractivity contribution in [3.05, 3.63) is 42.5 Å². The zero-order chi connectivity index (χ0) is 13.2. The van der Waals surface area contributed by atoms with Crippen LogP contribution in [0.2, 0.25) is 0 Å². The fourth-order valence-electron chi connectivity index (χ4n) is 2.24. The topological polar surface area (TPSA) is 68.9 Å². The fourth-order valence-corrected chi connectivity index (χ4v) is 2.24. The molecule has 0 atom stereocenters. The minimum absolute atomic E-state index is 0.556. The van der Waals surface area contributed by atoms with Crippen LogP contribution in [0.5, 0.6) is 5.75 Å². The number of nitrogens with two attached hydrogens (primary N) is 1. The van der Waals surface area contributed by atoms with Crippen molar-refractivity contribution >= 4 is 16.7 Å². The van der Waals surface area contributed by atoms with Gasteiger partial charge in [-0.2, -0.15) is 0 Å². The Morgan fingerprint density at radius 1 is 1.42 bits per heavy atom. The maximum absolute atomic E-state index is 5.60. The third-order valence-electron chi connectivity index (χ3n) is 3.27. The molecule has 0 saturated carbocycles. The lowest BCUT2D eigenvalue weighted by atomic mass is 10.1. The number of nitrogens with zero attached hydrogens (tertiary/aromatic N) is 2. The van der Waals surface area contributed by atoms with E-state index in [-0.39, 0.29) is 0 Å². The van der Waals surface area contributed by atoms with Crippen LogP contribution < -0.4 is 10.5 Å². The normalized spacial score (nSPS) is 11.0. The average Bonchev–Trinajstić information content (AvgIpc) is 3.02. The quantitative estimate of drug-likeness (QED) is 0.752. The first-order chi connectivity index (χ1) is 9.26. The van der Waals surface area contributed by atoms with Gasteiger partial charge in [-0.25, -0.2) is 4.98 Å². The van der Waals surface area contributed by atoms with Gasteiger partial charge in [-0.15, -0.1) is 0 Å². The van der Waals surface area contributed by atoms with Crippen LogP contribution in [0, 0.1) is 0 Å². The van der Waals surface area contributed by atoms with E-state index in [1.807, 2.05) is 29.1 Å². The Morgan fingerprint density at radius 2 is 2.32 bits per heavy atom. The van der Waals surface area contributed by atoms with Crippen LogP contribution in [-0.4, -0.2) is 21.6 Å². The molecular weight excluding hydrogens is 240 g/mol. The molecule has 0 bridgehead atoms. The Balaban J connectivity index is 1.84. The number of hydrogen-bond donors (Lipinski definition) is 2. The average molecular weight is 256 g/mol. The van der Waals surface area contributed by atoms with Crippen LogP contribution >= 0.6 is 0 Å². The minimum atomic E-state index is 0.556. The number of imidazole rings is 1. The highest BCUT2D eigenvalue weighted by Gasteiger charge is 2.05. The first-order valence-electron chi connectivity index (χ1n) is 6.17. The molecule has 0 aliphatic rings. The molecule has 0 fully saturated rings.